The molecule has 2 N–H and O–H groups in total. The van der Waals surface area contributed by atoms with Crippen LogP contribution in [0.15, 0.2) is 24.5 Å². The van der Waals surface area contributed by atoms with E-state index in [1.54, 1.807) is 43.5 Å². The Bertz CT molecular complexity index is 570. The highest BCUT2D eigenvalue weighted by atomic mass is 35.5. The number of anilines is 1. The molecule has 0 spiro atoms. The van der Waals surface area contributed by atoms with Crippen molar-refractivity contribution in [3.63, 3.8) is 0 Å². The summed E-state index contributed by atoms with van der Waals surface area (Å²) >= 11 is 5.88. The van der Waals surface area contributed by atoms with Gasteiger partial charge in [0.25, 0.3) is 5.91 Å². The maximum Gasteiger partial charge on any atom is 0.254 e. The predicted molar refractivity (Wildman–Crippen MR) is 73.2 cm³/mol. The van der Waals surface area contributed by atoms with Crippen molar-refractivity contribution in [1.29, 1.82) is 0 Å². The molecular weight excluding hydrogens is 266 g/mol. The van der Waals surface area contributed by atoms with Gasteiger partial charge in [0.15, 0.2) is 0 Å². The highest BCUT2D eigenvalue weighted by Crippen LogP contribution is 2.16. The number of hydrogen-bond donors (Lipinski definition) is 2. The van der Waals surface area contributed by atoms with Crippen LogP contribution in [0.1, 0.15) is 15.9 Å². The molecule has 0 aliphatic rings. The third-order valence-corrected chi connectivity index (χ3v) is 2.81. The normalized spacial score (nSPS) is 10.3. The Kier molecular flexibility index (Phi) is 4.01. The lowest BCUT2D eigenvalue weighted by molar-refractivity contribution is 0.0785. The molecule has 7 heteroatoms. The van der Waals surface area contributed by atoms with E-state index in [4.69, 9.17) is 11.6 Å². The molecule has 100 valence electrons. The molecule has 0 aliphatic heterocycles. The fourth-order valence-corrected chi connectivity index (χ4v) is 1.89. The maximum atomic E-state index is 12.3. The minimum absolute atomic E-state index is 0.123. The molecule has 1 amide bonds. The third-order valence-electron chi connectivity index (χ3n) is 2.62. The van der Waals surface area contributed by atoms with Crippen LogP contribution in [0.25, 0.3) is 0 Å². The van der Waals surface area contributed by atoms with Gasteiger partial charge in [-0.3, -0.25) is 9.89 Å². The zero-order valence-corrected chi connectivity index (χ0v) is 11.4. The molecule has 2 aromatic heterocycles. The highest BCUT2D eigenvalue weighted by molar-refractivity contribution is 6.29. The molecule has 19 heavy (non-hydrogen) atoms. The average Bonchev–Trinajstić information content (AvgIpc) is 2.89. The first-order valence-corrected chi connectivity index (χ1v) is 6.06. The number of pyridine rings is 1. The van der Waals surface area contributed by atoms with E-state index in [2.05, 4.69) is 20.5 Å². The van der Waals surface area contributed by atoms with E-state index >= 15 is 0 Å². The van der Waals surface area contributed by atoms with Crippen molar-refractivity contribution in [2.45, 2.75) is 6.54 Å². The van der Waals surface area contributed by atoms with Gasteiger partial charge >= 0.3 is 0 Å². The van der Waals surface area contributed by atoms with E-state index in [1.165, 1.54) is 0 Å². The number of rotatable bonds is 4. The van der Waals surface area contributed by atoms with E-state index in [1.807, 2.05) is 0 Å². The quantitative estimate of drug-likeness (QED) is 0.837. The number of carbonyl (C=O) groups is 1. The smallest absolute Gasteiger partial charge is 0.254 e. The molecule has 0 saturated carbocycles. The van der Waals surface area contributed by atoms with Crippen molar-refractivity contribution < 1.29 is 4.79 Å². The van der Waals surface area contributed by atoms with Crippen LogP contribution in [0, 0.1) is 0 Å². The van der Waals surface area contributed by atoms with Crippen LogP contribution in [-0.2, 0) is 6.54 Å². The van der Waals surface area contributed by atoms with Crippen LogP contribution in [0.5, 0.6) is 0 Å². The summed E-state index contributed by atoms with van der Waals surface area (Å²) < 4.78 is 0. The van der Waals surface area contributed by atoms with Crippen molar-refractivity contribution in [3.8, 4) is 0 Å². The van der Waals surface area contributed by atoms with Crippen LogP contribution in [0.2, 0.25) is 5.15 Å². The van der Waals surface area contributed by atoms with Gasteiger partial charge in [0.2, 0.25) is 0 Å². The standard InChI is InChI=1S/C12H14ClN5O/c1-14-11-4-9(3-10(13)17-11)12(19)18(2)7-8-5-15-16-6-8/h3-6H,7H2,1-2H3,(H,14,17)(H,15,16). The van der Waals surface area contributed by atoms with E-state index in [0.29, 0.717) is 17.9 Å². The molecular formula is C12H14ClN5O. The van der Waals surface area contributed by atoms with E-state index in [-0.39, 0.29) is 11.1 Å². The van der Waals surface area contributed by atoms with Gasteiger partial charge in [-0.25, -0.2) is 4.98 Å². The van der Waals surface area contributed by atoms with Gasteiger partial charge in [-0.2, -0.15) is 5.10 Å². The van der Waals surface area contributed by atoms with Crippen LogP contribution < -0.4 is 5.32 Å². The van der Waals surface area contributed by atoms with E-state index < -0.39 is 0 Å². The molecule has 0 bridgehead atoms. The Morgan fingerprint density at radius 2 is 2.32 bits per heavy atom. The van der Waals surface area contributed by atoms with Crippen molar-refractivity contribution in [3.05, 3.63) is 40.8 Å². The fourth-order valence-electron chi connectivity index (χ4n) is 1.68. The molecule has 2 heterocycles. The second kappa shape index (κ2) is 5.71. The molecule has 2 rings (SSSR count). The van der Waals surface area contributed by atoms with Crippen molar-refractivity contribution >= 4 is 23.3 Å². The summed E-state index contributed by atoms with van der Waals surface area (Å²) in [6.07, 6.45) is 3.44. The third kappa shape index (κ3) is 3.23. The van der Waals surface area contributed by atoms with Crippen molar-refractivity contribution in [1.82, 2.24) is 20.1 Å². The Hall–Kier alpha value is -2.08. The van der Waals surface area contributed by atoms with Crippen molar-refractivity contribution in [2.75, 3.05) is 19.4 Å². The molecule has 6 nitrogen and oxygen atoms in total. The number of aromatic amines is 1. The Labute approximate surface area is 115 Å². The lowest BCUT2D eigenvalue weighted by Gasteiger charge is -2.16. The number of hydrogen-bond acceptors (Lipinski definition) is 4. The second-order valence-corrected chi connectivity index (χ2v) is 4.47. The topological polar surface area (TPSA) is 73.9 Å². The van der Waals surface area contributed by atoms with Gasteiger partial charge in [0.05, 0.1) is 6.20 Å². The number of aromatic nitrogens is 3. The average molecular weight is 280 g/mol. The monoisotopic (exact) mass is 279 g/mol. The lowest BCUT2D eigenvalue weighted by atomic mass is 10.2. The lowest BCUT2D eigenvalue weighted by Crippen LogP contribution is -2.26. The Balaban J connectivity index is 2.16. The van der Waals surface area contributed by atoms with E-state index in [9.17, 15) is 4.79 Å². The highest BCUT2D eigenvalue weighted by Gasteiger charge is 2.14. The van der Waals surface area contributed by atoms with Crippen LogP contribution in [0.3, 0.4) is 0 Å². The molecule has 0 saturated heterocycles. The van der Waals surface area contributed by atoms with Crippen LogP contribution in [-0.4, -0.2) is 40.1 Å². The predicted octanol–water partition coefficient (Wildman–Crippen LogP) is 1.77. The summed E-state index contributed by atoms with van der Waals surface area (Å²) in [5, 5.41) is 9.71. The number of nitrogens with zero attached hydrogens (tertiary/aromatic N) is 3. The fraction of sp³-hybridized carbons (Fsp3) is 0.250. The van der Waals surface area contributed by atoms with Crippen LogP contribution in [0.4, 0.5) is 5.82 Å². The second-order valence-electron chi connectivity index (χ2n) is 4.08. The number of H-pyrrole nitrogens is 1. The molecule has 0 radical (unpaired) electrons. The van der Waals surface area contributed by atoms with Gasteiger partial charge < -0.3 is 10.2 Å². The van der Waals surface area contributed by atoms with Gasteiger partial charge in [0.1, 0.15) is 11.0 Å². The first-order chi connectivity index (χ1) is 9.10. The molecule has 0 atom stereocenters. The largest absolute Gasteiger partial charge is 0.373 e. The first-order valence-electron chi connectivity index (χ1n) is 5.68. The first kappa shape index (κ1) is 13.4. The summed E-state index contributed by atoms with van der Waals surface area (Å²) in [4.78, 5) is 17.9. The van der Waals surface area contributed by atoms with Gasteiger partial charge in [-0.15, -0.1) is 0 Å². The van der Waals surface area contributed by atoms with Crippen LogP contribution >= 0.6 is 11.6 Å². The number of nitrogens with one attached hydrogen (secondary N) is 2. The summed E-state index contributed by atoms with van der Waals surface area (Å²) in [6.45, 7) is 0.476. The van der Waals surface area contributed by atoms with Gasteiger partial charge in [0, 0.05) is 38.0 Å². The Morgan fingerprint density at radius 3 is 2.95 bits per heavy atom. The summed E-state index contributed by atoms with van der Waals surface area (Å²) in [7, 11) is 3.45. The maximum absolute atomic E-state index is 12.3. The molecule has 0 fully saturated rings. The minimum Gasteiger partial charge on any atom is -0.373 e. The minimum atomic E-state index is -0.123. The number of carbonyl (C=O) groups excluding carboxylic acids is 1. The zero-order valence-electron chi connectivity index (χ0n) is 10.6. The number of amides is 1. The number of halogens is 1. The SMILES string of the molecule is CNc1cc(C(=O)N(C)Cc2cn[nH]c2)cc(Cl)n1. The van der Waals surface area contributed by atoms with Crippen molar-refractivity contribution in [2.24, 2.45) is 0 Å². The Morgan fingerprint density at radius 1 is 1.53 bits per heavy atom. The molecule has 2 aromatic rings. The zero-order chi connectivity index (χ0) is 13.8. The van der Waals surface area contributed by atoms with Gasteiger partial charge in [-0.1, -0.05) is 11.6 Å². The summed E-state index contributed by atoms with van der Waals surface area (Å²) in [5.41, 5.74) is 1.43. The summed E-state index contributed by atoms with van der Waals surface area (Å²) in [6, 6.07) is 3.22. The molecule has 0 aliphatic carbocycles. The van der Waals surface area contributed by atoms with E-state index in [0.717, 1.165) is 5.56 Å². The molecule has 0 aromatic carbocycles. The summed E-state index contributed by atoms with van der Waals surface area (Å²) in [5.74, 6) is 0.439. The van der Waals surface area contributed by atoms with Gasteiger partial charge in [-0.05, 0) is 12.1 Å². The molecule has 0 unspecified atom stereocenters.